The molecule has 0 spiro atoms. The summed E-state index contributed by atoms with van der Waals surface area (Å²) in [7, 11) is 0. The van der Waals surface area contributed by atoms with Crippen molar-refractivity contribution in [1.82, 2.24) is 4.98 Å². The summed E-state index contributed by atoms with van der Waals surface area (Å²) >= 11 is 5.67. The van der Waals surface area contributed by atoms with Gasteiger partial charge in [-0.2, -0.15) is 0 Å². The second-order valence-corrected chi connectivity index (χ2v) is 3.69. The van der Waals surface area contributed by atoms with Crippen molar-refractivity contribution in [3.63, 3.8) is 0 Å². The Bertz CT molecular complexity index is 472. The first-order valence-corrected chi connectivity index (χ1v) is 4.52. The second kappa shape index (κ2) is 2.95. The molecule has 1 aromatic carbocycles. The van der Waals surface area contributed by atoms with E-state index >= 15 is 0 Å². The summed E-state index contributed by atoms with van der Waals surface area (Å²) < 4.78 is 26.5. The molecule has 4 heteroatoms. The van der Waals surface area contributed by atoms with E-state index in [-0.39, 0.29) is 10.6 Å². The zero-order chi connectivity index (χ0) is 10.5. The van der Waals surface area contributed by atoms with Crippen LogP contribution >= 0.6 is 11.6 Å². The summed E-state index contributed by atoms with van der Waals surface area (Å²) in [4.78, 5) is 2.90. The highest BCUT2D eigenvalue weighted by Crippen LogP contribution is 2.31. The van der Waals surface area contributed by atoms with Crippen LogP contribution in [0.15, 0.2) is 6.07 Å². The van der Waals surface area contributed by atoms with Crippen molar-refractivity contribution in [2.24, 2.45) is 0 Å². The normalized spacial score (nSPS) is 11.2. The van der Waals surface area contributed by atoms with Gasteiger partial charge in [-0.1, -0.05) is 11.6 Å². The number of hydrogen-bond acceptors (Lipinski definition) is 0. The molecule has 2 rings (SSSR count). The van der Waals surface area contributed by atoms with Gasteiger partial charge in [-0.15, -0.1) is 0 Å². The summed E-state index contributed by atoms with van der Waals surface area (Å²) in [6.07, 6.45) is 0. The molecule has 14 heavy (non-hydrogen) atoms. The molecular formula is C10H8ClF2N. The van der Waals surface area contributed by atoms with E-state index in [1.807, 2.05) is 6.92 Å². The van der Waals surface area contributed by atoms with Crippen LogP contribution in [-0.2, 0) is 0 Å². The van der Waals surface area contributed by atoms with E-state index in [9.17, 15) is 8.78 Å². The predicted octanol–water partition coefficient (Wildman–Crippen LogP) is 3.72. The Hall–Kier alpha value is -1.09. The smallest absolute Gasteiger partial charge is 0.179 e. The largest absolute Gasteiger partial charge is 0.357 e. The molecule has 0 radical (unpaired) electrons. The fourth-order valence-electron chi connectivity index (χ4n) is 1.55. The van der Waals surface area contributed by atoms with Gasteiger partial charge in [0.05, 0.1) is 5.52 Å². The van der Waals surface area contributed by atoms with Crippen molar-refractivity contribution in [1.29, 1.82) is 0 Å². The summed E-state index contributed by atoms with van der Waals surface area (Å²) in [5.41, 5.74) is 1.57. The van der Waals surface area contributed by atoms with Crippen LogP contribution in [0.25, 0.3) is 10.9 Å². The number of halogens is 3. The molecular weight excluding hydrogens is 208 g/mol. The lowest BCUT2D eigenvalue weighted by molar-refractivity contribution is 0.506. The van der Waals surface area contributed by atoms with Gasteiger partial charge in [0, 0.05) is 11.1 Å². The van der Waals surface area contributed by atoms with Gasteiger partial charge < -0.3 is 4.98 Å². The monoisotopic (exact) mass is 215 g/mol. The highest BCUT2D eigenvalue weighted by Gasteiger charge is 2.17. The van der Waals surface area contributed by atoms with Gasteiger partial charge >= 0.3 is 0 Å². The number of aromatic nitrogens is 1. The fourth-order valence-corrected chi connectivity index (χ4v) is 1.78. The fraction of sp³-hybridized carbons (Fsp3) is 0.200. The number of rotatable bonds is 0. The van der Waals surface area contributed by atoms with Gasteiger partial charge in [0.25, 0.3) is 0 Å². The summed E-state index contributed by atoms with van der Waals surface area (Å²) in [5.74, 6) is -1.86. The molecule has 0 atom stereocenters. The van der Waals surface area contributed by atoms with Crippen LogP contribution in [0.3, 0.4) is 0 Å². The van der Waals surface area contributed by atoms with Gasteiger partial charge in [0.15, 0.2) is 11.6 Å². The second-order valence-electron chi connectivity index (χ2n) is 3.31. The quantitative estimate of drug-likeness (QED) is 0.645. The molecule has 0 amide bonds. The third-order valence-electron chi connectivity index (χ3n) is 2.29. The number of fused-ring (bicyclic) bond motifs is 1. The van der Waals surface area contributed by atoms with Gasteiger partial charge in [-0.25, -0.2) is 8.78 Å². The van der Waals surface area contributed by atoms with Crippen molar-refractivity contribution in [3.8, 4) is 0 Å². The number of nitrogens with one attached hydrogen (secondary N) is 1. The maximum Gasteiger partial charge on any atom is 0.179 e. The molecule has 0 fully saturated rings. The minimum atomic E-state index is -0.987. The lowest BCUT2D eigenvalue weighted by Crippen LogP contribution is -1.91. The standard InChI is InChI=1S/C10H8ClF2N/c1-4-3-6-5(2)8(12)9(13)7(11)10(6)14-4/h3,14H,1-2H3. The van der Waals surface area contributed by atoms with E-state index in [1.54, 1.807) is 6.07 Å². The number of benzene rings is 1. The molecule has 0 aliphatic heterocycles. The zero-order valence-electron chi connectivity index (χ0n) is 7.71. The van der Waals surface area contributed by atoms with Crippen LogP contribution in [-0.4, -0.2) is 4.98 Å². The predicted molar refractivity (Wildman–Crippen MR) is 52.7 cm³/mol. The Kier molecular flexibility index (Phi) is 2.00. The first kappa shape index (κ1) is 9.46. The number of aromatic amines is 1. The SMILES string of the molecule is Cc1cc2c(C)c(F)c(F)c(Cl)c2[nH]1. The van der Waals surface area contributed by atoms with Crippen LogP contribution in [0, 0.1) is 25.5 Å². The first-order chi connectivity index (χ1) is 6.52. The maximum absolute atomic E-state index is 13.3. The van der Waals surface area contributed by atoms with Gasteiger partial charge in [0.1, 0.15) is 5.02 Å². The Morgan fingerprint density at radius 3 is 2.50 bits per heavy atom. The van der Waals surface area contributed by atoms with Crippen LogP contribution in [0.1, 0.15) is 11.3 Å². The van der Waals surface area contributed by atoms with E-state index < -0.39 is 11.6 Å². The van der Waals surface area contributed by atoms with Crippen molar-refractivity contribution < 1.29 is 8.78 Å². The van der Waals surface area contributed by atoms with Crippen molar-refractivity contribution >= 4 is 22.5 Å². The molecule has 0 aliphatic carbocycles. The van der Waals surface area contributed by atoms with Crippen LogP contribution < -0.4 is 0 Å². The lowest BCUT2D eigenvalue weighted by atomic mass is 10.1. The van der Waals surface area contributed by atoms with Crippen LogP contribution in [0.4, 0.5) is 8.78 Å². The summed E-state index contributed by atoms with van der Waals surface area (Å²) in [6, 6.07) is 1.75. The zero-order valence-corrected chi connectivity index (χ0v) is 8.47. The molecule has 0 aliphatic rings. The van der Waals surface area contributed by atoms with Crippen molar-refractivity contribution in [2.75, 3.05) is 0 Å². The lowest BCUT2D eigenvalue weighted by Gasteiger charge is -2.02. The van der Waals surface area contributed by atoms with E-state index in [4.69, 9.17) is 11.6 Å². The maximum atomic E-state index is 13.3. The van der Waals surface area contributed by atoms with Crippen molar-refractivity contribution in [3.05, 3.63) is 34.0 Å². The van der Waals surface area contributed by atoms with E-state index in [2.05, 4.69) is 4.98 Å². The van der Waals surface area contributed by atoms with Crippen molar-refractivity contribution in [2.45, 2.75) is 13.8 Å². The molecule has 2 aromatic rings. The highest BCUT2D eigenvalue weighted by atomic mass is 35.5. The Morgan fingerprint density at radius 2 is 1.86 bits per heavy atom. The Morgan fingerprint density at radius 1 is 1.21 bits per heavy atom. The number of hydrogen-bond donors (Lipinski definition) is 1. The Labute approximate surface area is 84.7 Å². The summed E-state index contributed by atoms with van der Waals surface area (Å²) in [5, 5.41) is 0.447. The highest BCUT2D eigenvalue weighted by molar-refractivity contribution is 6.35. The van der Waals surface area contributed by atoms with Gasteiger partial charge in [0.2, 0.25) is 0 Å². The third kappa shape index (κ3) is 1.12. The average molecular weight is 216 g/mol. The van der Waals surface area contributed by atoms with Gasteiger partial charge in [-0.3, -0.25) is 0 Å². The summed E-state index contributed by atoms with van der Waals surface area (Å²) in [6.45, 7) is 3.34. The molecule has 1 heterocycles. The Balaban J connectivity index is 3.01. The molecule has 1 nitrogen and oxygen atoms in total. The average Bonchev–Trinajstić information content (AvgIpc) is 2.54. The first-order valence-electron chi connectivity index (χ1n) is 4.14. The molecule has 0 unspecified atom stereocenters. The van der Waals surface area contributed by atoms with Crippen LogP contribution in [0.2, 0.25) is 5.02 Å². The minimum Gasteiger partial charge on any atom is -0.357 e. The molecule has 74 valence electrons. The molecule has 0 bridgehead atoms. The molecule has 0 saturated heterocycles. The van der Waals surface area contributed by atoms with E-state index in [1.165, 1.54) is 6.92 Å². The molecule has 1 aromatic heterocycles. The topological polar surface area (TPSA) is 15.8 Å². The molecule has 0 saturated carbocycles. The number of aryl methyl sites for hydroxylation is 2. The van der Waals surface area contributed by atoms with Crippen LogP contribution in [0.5, 0.6) is 0 Å². The molecule has 1 N–H and O–H groups in total. The van der Waals surface area contributed by atoms with E-state index in [0.29, 0.717) is 10.9 Å². The minimum absolute atomic E-state index is 0.184. The van der Waals surface area contributed by atoms with E-state index in [0.717, 1.165) is 5.69 Å². The number of H-pyrrole nitrogens is 1. The van der Waals surface area contributed by atoms with Gasteiger partial charge in [-0.05, 0) is 25.5 Å². The third-order valence-corrected chi connectivity index (χ3v) is 2.65.